The minimum atomic E-state index is -3.56. The van der Waals surface area contributed by atoms with Crippen molar-refractivity contribution in [2.24, 2.45) is 5.92 Å². The molecule has 1 saturated carbocycles. The molecule has 1 fully saturated rings. The third-order valence-electron chi connectivity index (χ3n) is 3.93. The van der Waals surface area contributed by atoms with Crippen molar-refractivity contribution in [1.29, 1.82) is 0 Å². The maximum atomic E-state index is 12.5. The van der Waals surface area contributed by atoms with Crippen molar-refractivity contribution in [2.75, 3.05) is 0 Å². The molecule has 1 aliphatic carbocycles. The summed E-state index contributed by atoms with van der Waals surface area (Å²) < 4.78 is 27.9. The second kappa shape index (κ2) is 6.22. The van der Waals surface area contributed by atoms with Gasteiger partial charge in [0.05, 0.1) is 14.9 Å². The number of hydrogen-bond donors (Lipinski definition) is 1. The van der Waals surface area contributed by atoms with Gasteiger partial charge in [0.2, 0.25) is 10.0 Å². The van der Waals surface area contributed by atoms with Gasteiger partial charge in [-0.25, -0.2) is 13.1 Å². The number of aryl methyl sites for hydroxylation is 1. The summed E-state index contributed by atoms with van der Waals surface area (Å²) in [5.41, 5.74) is 0.607. The van der Waals surface area contributed by atoms with Crippen LogP contribution in [0.1, 0.15) is 38.2 Å². The van der Waals surface area contributed by atoms with E-state index in [0.29, 0.717) is 16.5 Å². The van der Waals surface area contributed by atoms with E-state index >= 15 is 0 Å². The zero-order chi connectivity index (χ0) is 14.9. The van der Waals surface area contributed by atoms with Crippen molar-refractivity contribution in [3.63, 3.8) is 0 Å². The van der Waals surface area contributed by atoms with Gasteiger partial charge in [0.1, 0.15) is 0 Å². The molecule has 0 saturated heterocycles. The lowest BCUT2D eigenvalue weighted by atomic mass is 9.87. The van der Waals surface area contributed by atoms with E-state index in [0.717, 1.165) is 19.3 Å². The first-order valence-electron chi connectivity index (χ1n) is 6.79. The minimum absolute atomic E-state index is 0.00241. The van der Waals surface area contributed by atoms with E-state index in [1.165, 1.54) is 12.5 Å². The van der Waals surface area contributed by atoms with Gasteiger partial charge >= 0.3 is 0 Å². The summed E-state index contributed by atoms with van der Waals surface area (Å²) >= 11 is 11.8. The molecule has 1 aliphatic rings. The zero-order valence-electron chi connectivity index (χ0n) is 11.6. The summed E-state index contributed by atoms with van der Waals surface area (Å²) in [5, 5.41) is 0.628. The van der Waals surface area contributed by atoms with Crippen molar-refractivity contribution in [2.45, 2.75) is 50.5 Å². The molecule has 0 heterocycles. The third kappa shape index (κ3) is 3.48. The van der Waals surface area contributed by atoms with Crippen LogP contribution in [0.3, 0.4) is 0 Å². The maximum absolute atomic E-state index is 12.5. The summed E-state index contributed by atoms with van der Waals surface area (Å²) in [7, 11) is -3.56. The van der Waals surface area contributed by atoms with Gasteiger partial charge < -0.3 is 0 Å². The predicted molar refractivity (Wildman–Crippen MR) is 82.9 cm³/mol. The van der Waals surface area contributed by atoms with Crippen LogP contribution in [-0.2, 0) is 10.0 Å². The van der Waals surface area contributed by atoms with Crippen molar-refractivity contribution in [3.8, 4) is 0 Å². The molecule has 112 valence electrons. The fourth-order valence-corrected chi connectivity index (χ4v) is 4.75. The van der Waals surface area contributed by atoms with Gasteiger partial charge in [-0.15, -0.1) is 0 Å². The van der Waals surface area contributed by atoms with Crippen molar-refractivity contribution in [3.05, 3.63) is 27.7 Å². The Balaban J connectivity index is 2.28. The molecule has 0 bridgehead atoms. The molecule has 2 rings (SSSR count). The zero-order valence-corrected chi connectivity index (χ0v) is 13.9. The SMILES string of the molecule is Cc1cc(Cl)c(Cl)cc1S(=O)(=O)N[C@H]1CCCC[C@@H]1C. The first-order valence-corrected chi connectivity index (χ1v) is 9.03. The van der Waals surface area contributed by atoms with Crippen LogP contribution in [0.5, 0.6) is 0 Å². The number of halogens is 2. The van der Waals surface area contributed by atoms with E-state index in [-0.39, 0.29) is 16.0 Å². The molecular formula is C14H19Cl2NO2S. The van der Waals surface area contributed by atoms with Gasteiger partial charge in [0.15, 0.2) is 0 Å². The first-order chi connectivity index (χ1) is 9.31. The highest BCUT2D eigenvalue weighted by Crippen LogP contribution is 2.30. The van der Waals surface area contributed by atoms with Gasteiger partial charge in [-0.1, -0.05) is 43.0 Å². The van der Waals surface area contributed by atoms with Crippen LogP contribution >= 0.6 is 23.2 Å². The largest absolute Gasteiger partial charge is 0.241 e. The van der Waals surface area contributed by atoms with Crippen LogP contribution < -0.4 is 4.72 Å². The highest BCUT2D eigenvalue weighted by Gasteiger charge is 2.28. The molecule has 0 spiro atoms. The van der Waals surface area contributed by atoms with Gasteiger partial charge in [0, 0.05) is 6.04 Å². The van der Waals surface area contributed by atoms with Gasteiger partial charge in [-0.3, -0.25) is 0 Å². The van der Waals surface area contributed by atoms with E-state index in [4.69, 9.17) is 23.2 Å². The molecule has 0 amide bonds. The van der Waals surface area contributed by atoms with Crippen molar-refractivity contribution >= 4 is 33.2 Å². The molecule has 6 heteroatoms. The van der Waals surface area contributed by atoms with Gasteiger partial charge in [-0.2, -0.15) is 0 Å². The number of rotatable bonds is 3. The normalized spacial score (nSPS) is 23.8. The number of nitrogens with one attached hydrogen (secondary N) is 1. The molecule has 1 aromatic carbocycles. The fraction of sp³-hybridized carbons (Fsp3) is 0.571. The summed E-state index contributed by atoms with van der Waals surface area (Å²) in [4.78, 5) is 0.213. The van der Waals surface area contributed by atoms with Gasteiger partial charge in [-0.05, 0) is 43.4 Å². The highest BCUT2D eigenvalue weighted by atomic mass is 35.5. The molecule has 2 atom stereocenters. The quantitative estimate of drug-likeness (QED) is 0.901. The second-order valence-electron chi connectivity index (χ2n) is 5.52. The Morgan fingerprint density at radius 1 is 1.15 bits per heavy atom. The van der Waals surface area contributed by atoms with E-state index in [1.54, 1.807) is 13.0 Å². The monoisotopic (exact) mass is 335 g/mol. The fourth-order valence-electron chi connectivity index (χ4n) is 2.67. The lowest BCUT2D eigenvalue weighted by Crippen LogP contribution is -2.41. The molecule has 1 N–H and O–H groups in total. The molecule has 0 aliphatic heterocycles. The number of hydrogen-bond acceptors (Lipinski definition) is 2. The van der Waals surface area contributed by atoms with E-state index in [2.05, 4.69) is 11.6 Å². The second-order valence-corrected chi connectivity index (χ2v) is 8.02. The topological polar surface area (TPSA) is 46.2 Å². The molecule has 20 heavy (non-hydrogen) atoms. The average molecular weight is 336 g/mol. The molecule has 0 unspecified atom stereocenters. The summed E-state index contributed by atoms with van der Waals surface area (Å²) in [6.07, 6.45) is 4.19. The Morgan fingerprint density at radius 3 is 2.40 bits per heavy atom. The molecule has 0 aromatic heterocycles. The lowest BCUT2D eigenvalue weighted by Gasteiger charge is -2.29. The van der Waals surface area contributed by atoms with E-state index in [1.807, 2.05) is 0 Å². The van der Waals surface area contributed by atoms with Crippen LogP contribution in [0.15, 0.2) is 17.0 Å². The minimum Gasteiger partial charge on any atom is -0.208 e. The van der Waals surface area contributed by atoms with E-state index in [9.17, 15) is 8.42 Å². The molecular weight excluding hydrogens is 317 g/mol. The Labute approximate surface area is 130 Å². The Hall–Kier alpha value is -0.290. The standard InChI is InChI=1S/C14H19Cl2NO2S/c1-9-5-3-4-6-13(9)17-20(18,19)14-8-12(16)11(15)7-10(14)2/h7-9,13,17H,3-6H2,1-2H3/t9-,13-/m0/s1. The summed E-state index contributed by atoms with van der Waals surface area (Å²) in [5.74, 6) is 0.363. The smallest absolute Gasteiger partial charge is 0.208 e. The summed E-state index contributed by atoms with van der Waals surface area (Å²) in [6.45, 7) is 3.81. The number of benzene rings is 1. The Bertz CT molecular complexity index is 601. The Kier molecular flexibility index (Phi) is 5.00. The van der Waals surface area contributed by atoms with Crippen LogP contribution in [0, 0.1) is 12.8 Å². The number of sulfonamides is 1. The predicted octanol–water partition coefficient (Wildman–Crippen LogP) is 4.16. The first kappa shape index (κ1) is 16.1. The van der Waals surface area contributed by atoms with Gasteiger partial charge in [0.25, 0.3) is 0 Å². The summed E-state index contributed by atoms with van der Waals surface area (Å²) in [6, 6.07) is 3.01. The van der Waals surface area contributed by atoms with Crippen molar-refractivity contribution < 1.29 is 8.42 Å². The lowest BCUT2D eigenvalue weighted by molar-refractivity contribution is 0.310. The third-order valence-corrected chi connectivity index (χ3v) is 6.28. The van der Waals surface area contributed by atoms with E-state index < -0.39 is 10.0 Å². The molecule has 0 radical (unpaired) electrons. The average Bonchev–Trinajstić information content (AvgIpc) is 2.36. The van der Waals surface area contributed by atoms with Crippen LogP contribution in [0.25, 0.3) is 0 Å². The molecule has 1 aromatic rings. The maximum Gasteiger partial charge on any atom is 0.241 e. The Morgan fingerprint density at radius 2 is 1.75 bits per heavy atom. The van der Waals surface area contributed by atoms with Crippen LogP contribution in [-0.4, -0.2) is 14.5 Å². The van der Waals surface area contributed by atoms with Crippen molar-refractivity contribution in [1.82, 2.24) is 4.72 Å². The molecule has 3 nitrogen and oxygen atoms in total. The van der Waals surface area contributed by atoms with Crippen LogP contribution in [0.4, 0.5) is 0 Å². The highest BCUT2D eigenvalue weighted by molar-refractivity contribution is 7.89. The van der Waals surface area contributed by atoms with Crippen LogP contribution in [0.2, 0.25) is 10.0 Å².